The topological polar surface area (TPSA) is 49.4 Å². The van der Waals surface area contributed by atoms with Crippen molar-refractivity contribution in [3.63, 3.8) is 0 Å². The molecule has 0 aliphatic carbocycles. The highest BCUT2D eigenvalue weighted by Crippen LogP contribution is 2.42. The van der Waals surface area contributed by atoms with Crippen LogP contribution in [0.5, 0.6) is 0 Å². The maximum absolute atomic E-state index is 14.2. The monoisotopic (exact) mass is 372 g/mol. The molecule has 0 spiro atoms. The molecule has 1 fully saturated rings. The summed E-state index contributed by atoms with van der Waals surface area (Å²) < 4.78 is 14.2. The van der Waals surface area contributed by atoms with Gasteiger partial charge in [-0.3, -0.25) is 14.5 Å². The minimum Gasteiger partial charge on any atom is -0.326 e. The first-order valence-corrected chi connectivity index (χ1v) is 9.58. The molecular formula is C20H21FN2O2S. The standard InChI is InChI=1S/C20H21FN2O2S/c1-13(2)10-18(24)22-15-7-5-6-14(11-15)20-23(19(25)12-26-20)17-9-4-3-8-16(17)21/h3-9,11,13,20H,10,12H2,1-2H3,(H,22,24)/t20-/m1/s1. The lowest BCUT2D eigenvalue weighted by molar-refractivity contribution is -0.117. The van der Waals surface area contributed by atoms with E-state index in [0.29, 0.717) is 17.9 Å². The van der Waals surface area contributed by atoms with Crippen molar-refractivity contribution >= 4 is 35.0 Å². The molecule has 26 heavy (non-hydrogen) atoms. The minimum absolute atomic E-state index is 0.0433. The van der Waals surface area contributed by atoms with Crippen molar-refractivity contribution in [1.29, 1.82) is 0 Å². The van der Waals surface area contributed by atoms with Crippen molar-refractivity contribution in [1.82, 2.24) is 0 Å². The van der Waals surface area contributed by atoms with Crippen LogP contribution in [0.15, 0.2) is 48.5 Å². The summed E-state index contributed by atoms with van der Waals surface area (Å²) in [4.78, 5) is 25.9. The van der Waals surface area contributed by atoms with Gasteiger partial charge in [-0.2, -0.15) is 0 Å². The number of carbonyl (C=O) groups is 2. The number of amides is 2. The van der Waals surface area contributed by atoms with Gasteiger partial charge in [-0.05, 0) is 35.7 Å². The molecule has 6 heteroatoms. The van der Waals surface area contributed by atoms with Gasteiger partial charge in [0.05, 0.1) is 11.4 Å². The van der Waals surface area contributed by atoms with E-state index in [4.69, 9.17) is 0 Å². The van der Waals surface area contributed by atoms with Crippen molar-refractivity contribution in [2.75, 3.05) is 16.0 Å². The number of anilines is 2. The molecule has 0 aromatic heterocycles. The number of benzene rings is 2. The van der Waals surface area contributed by atoms with Crippen LogP contribution >= 0.6 is 11.8 Å². The lowest BCUT2D eigenvalue weighted by Crippen LogP contribution is -2.28. The van der Waals surface area contributed by atoms with E-state index in [1.807, 2.05) is 38.1 Å². The Morgan fingerprint density at radius 1 is 1.27 bits per heavy atom. The summed E-state index contributed by atoms with van der Waals surface area (Å²) in [5, 5.41) is 2.57. The van der Waals surface area contributed by atoms with Gasteiger partial charge < -0.3 is 5.32 Å². The Hall–Kier alpha value is -2.34. The zero-order chi connectivity index (χ0) is 18.7. The fourth-order valence-corrected chi connectivity index (χ4v) is 4.09. The van der Waals surface area contributed by atoms with Crippen LogP contribution in [0.3, 0.4) is 0 Å². The number of rotatable bonds is 5. The largest absolute Gasteiger partial charge is 0.326 e. The lowest BCUT2D eigenvalue weighted by atomic mass is 10.1. The SMILES string of the molecule is CC(C)CC(=O)Nc1cccc([C@H]2SCC(=O)N2c2ccccc2F)c1. The highest BCUT2D eigenvalue weighted by atomic mass is 32.2. The molecule has 0 saturated carbocycles. The summed E-state index contributed by atoms with van der Waals surface area (Å²) in [6.07, 6.45) is 0.447. The van der Waals surface area contributed by atoms with Gasteiger partial charge >= 0.3 is 0 Å². The molecule has 0 unspecified atom stereocenters. The van der Waals surface area contributed by atoms with E-state index in [-0.39, 0.29) is 28.8 Å². The van der Waals surface area contributed by atoms with Crippen molar-refractivity contribution in [2.45, 2.75) is 25.6 Å². The first-order chi connectivity index (χ1) is 12.5. The van der Waals surface area contributed by atoms with E-state index < -0.39 is 5.82 Å². The second kappa shape index (κ2) is 7.91. The van der Waals surface area contributed by atoms with Gasteiger partial charge in [-0.25, -0.2) is 4.39 Å². The quantitative estimate of drug-likeness (QED) is 0.835. The average molecular weight is 372 g/mol. The van der Waals surface area contributed by atoms with Gasteiger partial charge in [0.1, 0.15) is 11.2 Å². The van der Waals surface area contributed by atoms with Gasteiger partial charge in [0.2, 0.25) is 11.8 Å². The van der Waals surface area contributed by atoms with Crippen LogP contribution < -0.4 is 10.2 Å². The Bertz CT molecular complexity index is 825. The zero-order valence-corrected chi connectivity index (χ0v) is 15.6. The van der Waals surface area contributed by atoms with Crippen LogP contribution in [0.1, 0.15) is 31.2 Å². The highest BCUT2D eigenvalue weighted by molar-refractivity contribution is 8.00. The van der Waals surface area contributed by atoms with Crippen LogP contribution in [0, 0.1) is 11.7 Å². The Morgan fingerprint density at radius 3 is 2.77 bits per heavy atom. The molecule has 2 aromatic rings. The number of thioether (sulfide) groups is 1. The maximum Gasteiger partial charge on any atom is 0.238 e. The summed E-state index contributed by atoms with van der Waals surface area (Å²) in [7, 11) is 0. The molecule has 1 saturated heterocycles. The smallest absolute Gasteiger partial charge is 0.238 e. The fraction of sp³-hybridized carbons (Fsp3) is 0.300. The lowest BCUT2D eigenvalue weighted by Gasteiger charge is -2.25. The average Bonchev–Trinajstić information content (AvgIpc) is 2.96. The molecule has 4 nitrogen and oxygen atoms in total. The highest BCUT2D eigenvalue weighted by Gasteiger charge is 2.35. The van der Waals surface area contributed by atoms with Gasteiger partial charge in [-0.1, -0.05) is 38.1 Å². The second-order valence-corrected chi connectivity index (χ2v) is 7.72. The molecule has 1 heterocycles. The number of hydrogen-bond donors (Lipinski definition) is 1. The van der Waals surface area contributed by atoms with E-state index >= 15 is 0 Å². The van der Waals surface area contributed by atoms with Crippen molar-refractivity contribution in [3.05, 3.63) is 59.9 Å². The van der Waals surface area contributed by atoms with Gasteiger partial charge in [0.25, 0.3) is 0 Å². The molecule has 0 radical (unpaired) electrons. The first-order valence-electron chi connectivity index (χ1n) is 8.53. The van der Waals surface area contributed by atoms with E-state index in [1.54, 1.807) is 18.2 Å². The summed E-state index contributed by atoms with van der Waals surface area (Å²) in [6, 6.07) is 13.7. The number of nitrogens with zero attached hydrogens (tertiary/aromatic N) is 1. The number of carbonyl (C=O) groups excluding carboxylic acids is 2. The third kappa shape index (κ3) is 4.07. The van der Waals surface area contributed by atoms with E-state index in [0.717, 1.165) is 5.56 Å². The maximum atomic E-state index is 14.2. The second-order valence-electron chi connectivity index (χ2n) is 6.65. The molecule has 1 N–H and O–H groups in total. The molecule has 136 valence electrons. The van der Waals surface area contributed by atoms with Crippen molar-refractivity contribution in [3.8, 4) is 0 Å². The normalized spacial score (nSPS) is 17.0. The molecule has 0 bridgehead atoms. The van der Waals surface area contributed by atoms with Crippen LogP contribution in [0.4, 0.5) is 15.8 Å². The van der Waals surface area contributed by atoms with Crippen LogP contribution in [0.25, 0.3) is 0 Å². The zero-order valence-electron chi connectivity index (χ0n) is 14.7. The fourth-order valence-electron chi connectivity index (χ4n) is 2.93. The molecule has 1 atom stereocenters. The predicted octanol–water partition coefficient (Wildman–Crippen LogP) is 4.59. The number of nitrogens with one attached hydrogen (secondary N) is 1. The molecule has 1 aliphatic rings. The summed E-state index contributed by atoms with van der Waals surface area (Å²) in [5.41, 5.74) is 1.81. The van der Waals surface area contributed by atoms with Gasteiger partial charge in [0, 0.05) is 12.1 Å². The molecule has 1 aliphatic heterocycles. The summed E-state index contributed by atoms with van der Waals surface area (Å²) >= 11 is 1.45. The van der Waals surface area contributed by atoms with E-state index in [1.165, 1.54) is 22.7 Å². The van der Waals surface area contributed by atoms with Gasteiger partial charge in [-0.15, -0.1) is 11.8 Å². The molecule has 2 aromatic carbocycles. The van der Waals surface area contributed by atoms with Crippen LogP contribution in [-0.2, 0) is 9.59 Å². The van der Waals surface area contributed by atoms with Gasteiger partial charge in [0.15, 0.2) is 0 Å². The molecule has 2 amide bonds. The molecule has 3 rings (SSSR count). The van der Waals surface area contributed by atoms with Crippen molar-refractivity contribution < 1.29 is 14.0 Å². The van der Waals surface area contributed by atoms with Crippen LogP contribution in [0.2, 0.25) is 0 Å². The third-order valence-electron chi connectivity index (χ3n) is 4.03. The first kappa shape index (κ1) is 18.5. The summed E-state index contributed by atoms with van der Waals surface area (Å²) in [5.74, 6) is -0.0202. The Balaban J connectivity index is 1.86. The number of para-hydroxylation sites is 1. The number of halogens is 1. The third-order valence-corrected chi connectivity index (χ3v) is 5.24. The predicted molar refractivity (Wildman–Crippen MR) is 104 cm³/mol. The Kier molecular flexibility index (Phi) is 5.61. The Labute approximate surface area is 156 Å². The Morgan fingerprint density at radius 2 is 2.04 bits per heavy atom. The minimum atomic E-state index is -0.422. The van der Waals surface area contributed by atoms with E-state index in [2.05, 4.69) is 5.32 Å². The van der Waals surface area contributed by atoms with Crippen molar-refractivity contribution in [2.24, 2.45) is 5.92 Å². The number of hydrogen-bond acceptors (Lipinski definition) is 3. The summed E-state index contributed by atoms with van der Waals surface area (Å²) in [6.45, 7) is 3.98. The molecular weight excluding hydrogens is 351 g/mol. The van der Waals surface area contributed by atoms with Crippen LogP contribution in [-0.4, -0.2) is 17.6 Å². The van der Waals surface area contributed by atoms with E-state index in [9.17, 15) is 14.0 Å².